The van der Waals surface area contributed by atoms with E-state index in [1.807, 2.05) is 84.9 Å². The second-order valence-electron chi connectivity index (χ2n) is 7.04. The molecule has 0 saturated heterocycles. The van der Waals surface area contributed by atoms with Crippen molar-refractivity contribution in [2.75, 3.05) is 0 Å². The summed E-state index contributed by atoms with van der Waals surface area (Å²) in [7, 11) is 1.75. The number of hydrogen-bond acceptors (Lipinski definition) is 3. The van der Waals surface area contributed by atoms with Crippen LogP contribution in [0, 0.1) is 0 Å². The first-order valence-corrected chi connectivity index (χ1v) is 9.91. The van der Waals surface area contributed by atoms with E-state index in [4.69, 9.17) is 16.0 Å². The first kappa shape index (κ1) is 18.4. The summed E-state index contributed by atoms with van der Waals surface area (Å²) in [6.07, 6.45) is 0. The zero-order valence-corrected chi connectivity index (χ0v) is 16.9. The van der Waals surface area contributed by atoms with Crippen LogP contribution < -0.4 is 5.56 Å². The van der Waals surface area contributed by atoms with E-state index in [1.54, 1.807) is 11.6 Å². The summed E-state index contributed by atoms with van der Waals surface area (Å²) >= 11 is 6.04. The number of aromatic nitrogens is 2. The molecule has 0 spiro atoms. The third-order valence-electron chi connectivity index (χ3n) is 5.14. The zero-order chi connectivity index (χ0) is 20.7. The molecule has 0 aliphatic rings. The zero-order valence-electron chi connectivity index (χ0n) is 16.2. The van der Waals surface area contributed by atoms with Crippen LogP contribution in [0.15, 0.2) is 94.1 Å². The van der Waals surface area contributed by atoms with Crippen molar-refractivity contribution in [3.8, 4) is 33.9 Å². The maximum Gasteiger partial charge on any atom is 0.280 e. The molecule has 0 bridgehead atoms. The third-order valence-corrected chi connectivity index (χ3v) is 5.40. The largest absolute Gasteiger partial charge is 0.454 e. The Bertz CT molecular complexity index is 1420. The molecule has 5 heteroatoms. The number of para-hydroxylation sites is 2. The minimum Gasteiger partial charge on any atom is -0.454 e. The van der Waals surface area contributed by atoms with Crippen molar-refractivity contribution >= 4 is 22.6 Å². The lowest BCUT2D eigenvalue weighted by atomic mass is 10.0. The predicted octanol–water partition coefficient (Wildman–Crippen LogP) is 6.18. The van der Waals surface area contributed by atoms with Crippen molar-refractivity contribution in [1.82, 2.24) is 9.55 Å². The predicted molar refractivity (Wildman–Crippen MR) is 121 cm³/mol. The Balaban J connectivity index is 1.79. The van der Waals surface area contributed by atoms with E-state index in [0.717, 1.165) is 27.7 Å². The lowest BCUT2D eigenvalue weighted by Crippen LogP contribution is -2.20. The van der Waals surface area contributed by atoms with Crippen LogP contribution in [0.4, 0.5) is 0 Å². The van der Waals surface area contributed by atoms with Crippen LogP contribution in [-0.2, 0) is 7.05 Å². The third kappa shape index (κ3) is 3.11. The Labute approximate surface area is 178 Å². The normalized spacial score (nSPS) is 11.1. The molecule has 0 amide bonds. The van der Waals surface area contributed by atoms with Gasteiger partial charge in [-0.25, -0.2) is 4.98 Å². The molecule has 0 unspecified atom stereocenters. The molecule has 2 heterocycles. The summed E-state index contributed by atoms with van der Waals surface area (Å²) in [6.45, 7) is 0. The fourth-order valence-corrected chi connectivity index (χ4v) is 3.71. The van der Waals surface area contributed by atoms with Crippen LogP contribution in [0.25, 0.3) is 44.9 Å². The minimum atomic E-state index is -0.206. The first-order valence-electron chi connectivity index (χ1n) is 9.53. The standard InChI is InChI=1S/C25H17ClN2O2/c1-28-21-10-6-5-9-20(21)27-23(25(28)29)24-19(16-7-3-2-4-8-16)15-22(30-24)17-11-13-18(26)14-12-17/h2-15H,1H3. The maximum absolute atomic E-state index is 13.2. The molecular weight excluding hydrogens is 396 g/mol. The molecule has 2 aromatic heterocycles. The molecule has 5 aromatic rings. The van der Waals surface area contributed by atoms with Crippen molar-refractivity contribution in [3.63, 3.8) is 0 Å². The Kier molecular flexibility index (Phi) is 4.49. The van der Waals surface area contributed by atoms with Crippen LogP contribution in [0.5, 0.6) is 0 Å². The SMILES string of the molecule is Cn1c(=O)c(-c2oc(-c3ccc(Cl)cc3)cc2-c2ccccc2)nc2ccccc21. The Morgan fingerprint density at radius 3 is 2.33 bits per heavy atom. The topological polar surface area (TPSA) is 48.0 Å². The molecule has 0 radical (unpaired) electrons. The van der Waals surface area contributed by atoms with Gasteiger partial charge in [-0.15, -0.1) is 0 Å². The number of furan rings is 1. The van der Waals surface area contributed by atoms with Gasteiger partial charge in [0, 0.05) is 23.2 Å². The lowest BCUT2D eigenvalue weighted by Gasteiger charge is -2.08. The summed E-state index contributed by atoms with van der Waals surface area (Å²) < 4.78 is 7.86. The number of fused-ring (bicyclic) bond motifs is 1. The first-order chi connectivity index (χ1) is 14.6. The number of rotatable bonds is 3. The summed E-state index contributed by atoms with van der Waals surface area (Å²) in [4.78, 5) is 17.8. The highest BCUT2D eigenvalue weighted by Crippen LogP contribution is 2.37. The minimum absolute atomic E-state index is 0.206. The van der Waals surface area contributed by atoms with Gasteiger partial charge in [0.1, 0.15) is 5.76 Å². The van der Waals surface area contributed by atoms with Crippen LogP contribution in [0.3, 0.4) is 0 Å². The van der Waals surface area contributed by atoms with Gasteiger partial charge in [-0.05, 0) is 48.0 Å². The van der Waals surface area contributed by atoms with Crippen molar-refractivity contribution in [1.29, 1.82) is 0 Å². The summed E-state index contributed by atoms with van der Waals surface area (Å²) in [5.74, 6) is 1.11. The van der Waals surface area contributed by atoms with Gasteiger partial charge in [0.25, 0.3) is 5.56 Å². The quantitative estimate of drug-likeness (QED) is 0.355. The molecule has 30 heavy (non-hydrogen) atoms. The number of hydrogen-bond donors (Lipinski definition) is 0. The molecule has 0 aliphatic carbocycles. The van der Waals surface area contributed by atoms with Gasteiger partial charge >= 0.3 is 0 Å². The van der Waals surface area contributed by atoms with E-state index in [-0.39, 0.29) is 11.3 Å². The molecule has 5 rings (SSSR count). The van der Waals surface area contributed by atoms with Gasteiger partial charge in [-0.1, -0.05) is 54.1 Å². The van der Waals surface area contributed by atoms with Gasteiger partial charge in [0.05, 0.1) is 11.0 Å². The van der Waals surface area contributed by atoms with Crippen LogP contribution in [0.1, 0.15) is 0 Å². The van der Waals surface area contributed by atoms with Gasteiger partial charge in [-0.3, -0.25) is 4.79 Å². The van der Waals surface area contributed by atoms with E-state index >= 15 is 0 Å². The highest BCUT2D eigenvalue weighted by molar-refractivity contribution is 6.30. The van der Waals surface area contributed by atoms with Gasteiger partial charge in [0.15, 0.2) is 11.5 Å². The van der Waals surface area contributed by atoms with E-state index in [1.165, 1.54) is 0 Å². The molecule has 3 aromatic carbocycles. The summed E-state index contributed by atoms with van der Waals surface area (Å²) in [6, 6.07) is 26.8. The van der Waals surface area contributed by atoms with E-state index in [2.05, 4.69) is 4.98 Å². The van der Waals surface area contributed by atoms with E-state index < -0.39 is 0 Å². The van der Waals surface area contributed by atoms with Crippen molar-refractivity contribution in [3.05, 3.63) is 100 Å². The molecule has 0 N–H and O–H groups in total. The summed E-state index contributed by atoms with van der Waals surface area (Å²) in [5, 5.41) is 0.652. The van der Waals surface area contributed by atoms with Gasteiger partial charge < -0.3 is 8.98 Å². The molecule has 4 nitrogen and oxygen atoms in total. The fourth-order valence-electron chi connectivity index (χ4n) is 3.58. The molecule has 0 saturated carbocycles. The van der Waals surface area contributed by atoms with Crippen molar-refractivity contribution < 1.29 is 4.42 Å². The number of halogens is 1. The molecular formula is C25H17ClN2O2. The average Bonchev–Trinajstić information content (AvgIpc) is 3.22. The van der Waals surface area contributed by atoms with Crippen LogP contribution in [-0.4, -0.2) is 9.55 Å². The Morgan fingerprint density at radius 1 is 0.867 bits per heavy atom. The van der Waals surface area contributed by atoms with E-state index in [0.29, 0.717) is 16.5 Å². The maximum atomic E-state index is 13.2. The van der Waals surface area contributed by atoms with Crippen LogP contribution >= 0.6 is 11.6 Å². The average molecular weight is 413 g/mol. The van der Waals surface area contributed by atoms with Gasteiger partial charge in [-0.2, -0.15) is 0 Å². The van der Waals surface area contributed by atoms with Gasteiger partial charge in [0.2, 0.25) is 0 Å². The molecule has 0 fully saturated rings. The number of aryl methyl sites for hydroxylation is 1. The molecule has 146 valence electrons. The van der Waals surface area contributed by atoms with Crippen molar-refractivity contribution in [2.24, 2.45) is 7.05 Å². The molecule has 0 atom stereocenters. The highest BCUT2D eigenvalue weighted by Gasteiger charge is 2.21. The summed E-state index contributed by atoms with van der Waals surface area (Å²) in [5.41, 5.74) is 4.24. The Hall–Kier alpha value is -3.63. The highest BCUT2D eigenvalue weighted by atomic mass is 35.5. The Morgan fingerprint density at radius 2 is 1.57 bits per heavy atom. The number of nitrogens with zero attached hydrogens (tertiary/aromatic N) is 2. The van der Waals surface area contributed by atoms with E-state index in [9.17, 15) is 4.79 Å². The van der Waals surface area contributed by atoms with Crippen LogP contribution in [0.2, 0.25) is 5.02 Å². The monoisotopic (exact) mass is 412 g/mol. The lowest BCUT2D eigenvalue weighted by molar-refractivity contribution is 0.594. The number of benzene rings is 3. The smallest absolute Gasteiger partial charge is 0.280 e. The molecule has 0 aliphatic heterocycles. The second-order valence-corrected chi connectivity index (χ2v) is 7.48. The fraction of sp³-hybridized carbons (Fsp3) is 0.0400. The second kappa shape index (κ2) is 7.32. The van der Waals surface area contributed by atoms with Crippen molar-refractivity contribution in [2.45, 2.75) is 0 Å².